The van der Waals surface area contributed by atoms with Crippen molar-refractivity contribution >= 4 is 36.3 Å². The number of carboxylic acid groups (broad SMARTS) is 1. The number of rotatable bonds is 13. The Morgan fingerprint density at radius 3 is 2.16 bits per heavy atom. The first-order valence-electron chi connectivity index (χ1n) is 10.4. The standard InChI is InChI=1S/C20H34N6O5S/c1-10(2)5-14(24-17(27)13(21)8-32)18(28)26-16(11(3)4)19(29)25-15(20(30)31)6-12-7-22-9-23-12/h7,9-11,13-16,32H,5-6,8,21H2,1-4H3,(H,22,23)(H,24,27)(H,25,29)(H,26,28)(H,30,31). The molecule has 4 atom stereocenters. The Morgan fingerprint density at radius 1 is 1.06 bits per heavy atom. The summed E-state index contributed by atoms with van der Waals surface area (Å²) in [4.78, 5) is 56.2. The number of nitrogens with two attached hydrogens (primary N) is 1. The Balaban J connectivity index is 2.92. The lowest BCUT2D eigenvalue weighted by atomic mass is 9.99. The summed E-state index contributed by atoms with van der Waals surface area (Å²) >= 11 is 3.99. The van der Waals surface area contributed by atoms with E-state index in [2.05, 4.69) is 38.5 Å². The highest BCUT2D eigenvalue weighted by molar-refractivity contribution is 7.80. The maximum Gasteiger partial charge on any atom is 0.326 e. The van der Waals surface area contributed by atoms with Crippen LogP contribution in [-0.2, 0) is 25.6 Å². The first kappa shape index (κ1) is 27.4. The molecule has 0 saturated carbocycles. The molecule has 11 nitrogen and oxygen atoms in total. The minimum absolute atomic E-state index is 0.00742. The van der Waals surface area contributed by atoms with Gasteiger partial charge in [0.05, 0.1) is 12.4 Å². The van der Waals surface area contributed by atoms with Crippen molar-refractivity contribution in [1.82, 2.24) is 25.9 Å². The normalized spacial score (nSPS) is 15.0. The molecule has 32 heavy (non-hydrogen) atoms. The number of aromatic amines is 1. The third-order valence-electron chi connectivity index (χ3n) is 4.71. The molecule has 1 heterocycles. The van der Waals surface area contributed by atoms with Crippen molar-refractivity contribution in [3.05, 3.63) is 18.2 Å². The molecule has 0 aliphatic heterocycles. The number of H-pyrrole nitrogens is 1. The molecule has 1 rings (SSSR count). The Kier molecular flexibility index (Phi) is 11.2. The second-order valence-electron chi connectivity index (χ2n) is 8.39. The van der Waals surface area contributed by atoms with Gasteiger partial charge >= 0.3 is 5.97 Å². The molecule has 1 aromatic heterocycles. The van der Waals surface area contributed by atoms with E-state index in [1.54, 1.807) is 13.8 Å². The van der Waals surface area contributed by atoms with E-state index < -0.39 is 47.9 Å². The van der Waals surface area contributed by atoms with Crippen molar-refractivity contribution in [2.45, 2.75) is 64.7 Å². The molecule has 0 saturated heterocycles. The van der Waals surface area contributed by atoms with E-state index in [-0.39, 0.29) is 24.0 Å². The lowest BCUT2D eigenvalue weighted by Crippen LogP contribution is -2.59. The summed E-state index contributed by atoms with van der Waals surface area (Å²) in [5.41, 5.74) is 6.23. The number of carboxylic acids is 1. The molecule has 12 heteroatoms. The highest BCUT2D eigenvalue weighted by atomic mass is 32.1. The molecule has 4 unspecified atom stereocenters. The number of imidazole rings is 1. The molecule has 0 aliphatic rings. The zero-order valence-electron chi connectivity index (χ0n) is 18.8. The zero-order chi connectivity index (χ0) is 24.4. The van der Waals surface area contributed by atoms with Gasteiger partial charge < -0.3 is 31.8 Å². The van der Waals surface area contributed by atoms with Crippen LogP contribution in [0.15, 0.2) is 12.5 Å². The van der Waals surface area contributed by atoms with Gasteiger partial charge in [0.1, 0.15) is 18.1 Å². The zero-order valence-corrected chi connectivity index (χ0v) is 19.7. The molecule has 0 aromatic carbocycles. The maximum atomic E-state index is 12.9. The molecular formula is C20H34N6O5S. The number of hydrogen-bond donors (Lipinski definition) is 7. The predicted molar refractivity (Wildman–Crippen MR) is 122 cm³/mol. The van der Waals surface area contributed by atoms with Crippen LogP contribution in [0.5, 0.6) is 0 Å². The van der Waals surface area contributed by atoms with E-state index in [1.165, 1.54) is 12.5 Å². The van der Waals surface area contributed by atoms with Crippen LogP contribution in [0, 0.1) is 11.8 Å². The van der Waals surface area contributed by atoms with E-state index in [0.29, 0.717) is 12.1 Å². The maximum absolute atomic E-state index is 12.9. The van der Waals surface area contributed by atoms with Gasteiger partial charge in [-0.05, 0) is 18.3 Å². The van der Waals surface area contributed by atoms with Crippen molar-refractivity contribution in [3.63, 3.8) is 0 Å². The van der Waals surface area contributed by atoms with Gasteiger partial charge in [-0.3, -0.25) is 14.4 Å². The number of hydrogen-bond acceptors (Lipinski definition) is 7. The summed E-state index contributed by atoms with van der Waals surface area (Å²) in [5.74, 6) is -3.06. The van der Waals surface area contributed by atoms with Gasteiger partial charge in [-0.1, -0.05) is 27.7 Å². The molecule has 0 fully saturated rings. The summed E-state index contributed by atoms with van der Waals surface area (Å²) < 4.78 is 0. The number of nitrogens with zero attached hydrogens (tertiary/aromatic N) is 1. The number of aliphatic carboxylic acids is 1. The van der Waals surface area contributed by atoms with Crippen LogP contribution in [0.2, 0.25) is 0 Å². The van der Waals surface area contributed by atoms with Gasteiger partial charge in [0.25, 0.3) is 0 Å². The number of carbonyl (C=O) groups excluding carboxylic acids is 3. The van der Waals surface area contributed by atoms with Crippen LogP contribution in [0.4, 0.5) is 0 Å². The number of thiol groups is 1. The van der Waals surface area contributed by atoms with Gasteiger partial charge in [-0.2, -0.15) is 12.6 Å². The second kappa shape index (κ2) is 13.1. The van der Waals surface area contributed by atoms with Crippen molar-refractivity contribution in [1.29, 1.82) is 0 Å². The average Bonchev–Trinajstić information content (AvgIpc) is 3.22. The Bertz CT molecular complexity index is 771. The summed E-state index contributed by atoms with van der Waals surface area (Å²) in [6.07, 6.45) is 3.23. The molecule has 1 aromatic rings. The highest BCUT2D eigenvalue weighted by Crippen LogP contribution is 2.09. The largest absolute Gasteiger partial charge is 0.480 e. The van der Waals surface area contributed by atoms with E-state index in [1.807, 2.05) is 13.8 Å². The average molecular weight is 471 g/mol. The van der Waals surface area contributed by atoms with Gasteiger partial charge in [-0.25, -0.2) is 9.78 Å². The molecule has 3 amide bonds. The van der Waals surface area contributed by atoms with Crippen LogP contribution < -0.4 is 21.7 Å². The number of aromatic nitrogens is 2. The minimum atomic E-state index is -1.22. The fourth-order valence-electron chi connectivity index (χ4n) is 2.93. The van der Waals surface area contributed by atoms with Crippen LogP contribution in [0.3, 0.4) is 0 Å². The Labute approximate surface area is 193 Å². The van der Waals surface area contributed by atoms with Crippen LogP contribution in [0.1, 0.15) is 39.8 Å². The molecule has 0 radical (unpaired) electrons. The van der Waals surface area contributed by atoms with Crippen molar-refractivity contribution < 1.29 is 24.3 Å². The fraction of sp³-hybridized carbons (Fsp3) is 0.650. The SMILES string of the molecule is CC(C)CC(NC(=O)C(N)CS)C(=O)NC(C(=O)NC(Cc1cnc[nH]1)C(=O)O)C(C)C. The van der Waals surface area contributed by atoms with Crippen molar-refractivity contribution in [2.24, 2.45) is 17.6 Å². The molecule has 0 aliphatic carbocycles. The Hall–Kier alpha value is -2.60. The van der Waals surface area contributed by atoms with Gasteiger partial charge in [0.15, 0.2) is 0 Å². The number of nitrogens with one attached hydrogen (secondary N) is 4. The van der Waals surface area contributed by atoms with Crippen LogP contribution >= 0.6 is 12.6 Å². The molecule has 0 bridgehead atoms. The molecule has 180 valence electrons. The lowest BCUT2D eigenvalue weighted by Gasteiger charge is -2.27. The predicted octanol–water partition coefficient (Wildman–Crippen LogP) is -0.550. The van der Waals surface area contributed by atoms with Gasteiger partial charge in [0, 0.05) is 24.1 Å². The molecular weight excluding hydrogens is 436 g/mol. The van der Waals surface area contributed by atoms with E-state index in [4.69, 9.17) is 5.73 Å². The lowest BCUT2D eigenvalue weighted by molar-refractivity contribution is -0.142. The van der Waals surface area contributed by atoms with Crippen molar-refractivity contribution in [3.8, 4) is 0 Å². The van der Waals surface area contributed by atoms with E-state index in [0.717, 1.165) is 0 Å². The first-order valence-corrected chi connectivity index (χ1v) is 11.1. The van der Waals surface area contributed by atoms with E-state index in [9.17, 15) is 24.3 Å². The monoisotopic (exact) mass is 470 g/mol. The Morgan fingerprint density at radius 2 is 1.69 bits per heavy atom. The first-order chi connectivity index (χ1) is 15.0. The highest BCUT2D eigenvalue weighted by Gasteiger charge is 2.32. The molecule has 7 N–H and O–H groups in total. The number of carbonyl (C=O) groups is 4. The topological polar surface area (TPSA) is 179 Å². The quantitative estimate of drug-likeness (QED) is 0.189. The third kappa shape index (κ3) is 8.87. The minimum Gasteiger partial charge on any atom is -0.480 e. The summed E-state index contributed by atoms with van der Waals surface area (Å²) in [5, 5.41) is 17.2. The van der Waals surface area contributed by atoms with Gasteiger partial charge in [0.2, 0.25) is 17.7 Å². The second-order valence-corrected chi connectivity index (χ2v) is 8.76. The third-order valence-corrected chi connectivity index (χ3v) is 5.11. The summed E-state index contributed by atoms with van der Waals surface area (Å²) in [6.45, 7) is 7.24. The number of amides is 3. The smallest absolute Gasteiger partial charge is 0.326 e. The molecule has 0 spiro atoms. The van der Waals surface area contributed by atoms with Crippen LogP contribution in [-0.4, -0.2) is 68.7 Å². The van der Waals surface area contributed by atoms with Crippen molar-refractivity contribution in [2.75, 3.05) is 5.75 Å². The summed E-state index contributed by atoms with van der Waals surface area (Å²) in [6, 6.07) is -3.98. The summed E-state index contributed by atoms with van der Waals surface area (Å²) in [7, 11) is 0. The van der Waals surface area contributed by atoms with Gasteiger partial charge in [-0.15, -0.1) is 0 Å². The van der Waals surface area contributed by atoms with Crippen LogP contribution in [0.25, 0.3) is 0 Å². The fourth-order valence-corrected chi connectivity index (χ4v) is 3.10. The van der Waals surface area contributed by atoms with E-state index >= 15 is 0 Å².